The molecule has 0 unspecified atom stereocenters. The van der Waals surface area contributed by atoms with Crippen LogP contribution in [0, 0.1) is 0 Å². The lowest BCUT2D eigenvalue weighted by Crippen LogP contribution is -2.40. The SMILES string of the molecule is O=C(CCc1ccc(S(=O)(=O)N2CCOCC2)cc1)NCc1ccc(N2CCSCC2)cc1. The number of hydrogen-bond acceptors (Lipinski definition) is 6. The van der Waals surface area contributed by atoms with Gasteiger partial charge in [0.05, 0.1) is 18.1 Å². The van der Waals surface area contributed by atoms with Crippen molar-refractivity contribution < 1.29 is 17.9 Å². The van der Waals surface area contributed by atoms with Gasteiger partial charge in [-0.1, -0.05) is 24.3 Å². The Morgan fingerprint density at radius 1 is 0.909 bits per heavy atom. The normalized spacial score (nSPS) is 17.6. The molecule has 1 amide bonds. The molecular formula is C24H31N3O4S2. The van der Waals surface area contributed by atoms with E-state index < -0.39 is 10.0 Å². The Bertz CT molecular complexity index is 1010. The number of sulfonamides is 1. The van der Waals surface area contributed by atoms with Crippen molar-refractivity contribution in [3.8, 4) is 0 Å². The fourth-order valence-corrected chi connectivity index (χ4v) is 6.27. The molecule has 0 aromatic heterocycles. The van der Waals surface area contributed by atoms with Crippen LogP contribution in [0.4, 0.5) is 5.69 Å². The number of hydrogen-bond donors (Lipinski definition) is 1. The first-order valence-electron chi connectivity index (χ1n) is 11.4. The largest absolute Gasteiger partial charge is 0.379 e. The van der Waals surface area contributed by atoms with Gasteiger partial charge in [0.25, 0.3) is 0 Å². The Kier molecular flexibility index (Phi) is 8.29. The van der Waals surface area contributed by atoms with Crippen LogP contribution in [-0.4, -0.2) is 69.5 Å². The van der Waals surface area contributed by atoms with Crippen molar-refractivity contribution in [3.05, 3.63) is 59.7 Å². The molecule has 0 bridgehead atoms. The summed E-state index contributed by atoms with van der Waals surface area (Å²) < 4.78 is 32.1. The average Bonchev–Trinajstić information content (AvgIpc) is 2.88. The molecule has 33 heavy (non-hydrogen) atoms. The Hall–Kier alpha value is -2.07. The van der Waals surface area contributed by atoms with Crippen LogP contribution in [-0.2, 0) is 32.5 Å². The third-order valence-corrected chi connectivity index (χ3v) is 8.83. The van der Waals surface area contributed by atoms with Crippen molar-refractivity contribution in [1.82, 2.24) is 9.62 Å². The lowest BCUT2D eigenvalue weighted by atomic mass is 10.1. The van der Waals surface area contributed by atoms with Crippen molar-refractivity contribution in [1.29, 1.82) is 0 Å². The predicted molar refractivity (Wildman–Crippen MR) is 132 cm³/mol. The van der Waals surface area contributed by atoms with Gasteiger partial charge in [0.2, 0.25) is 15.9 Å². The number of anilines is 1. The number of carbonyl (C=O) groups is 1. The molecule has 0 saturated carbocycles. The van der Waals surface area contributed by atoms with E-state index >= 15 is 0 Å². The van der Waals surface area contributed by atoms with Crippen LogP contribution in [0.25, 0.3) is 0 Å². The molecule has 0 atom stereocenters. The van der Waals surface area contributed by atoms with E-state index in [4.69, 9.17) is 4.74 Å². The van der Waals surface area contributed by atoms with Crippen molar-refractivity contribution in [3.63, 3.8) is 0 Å². The van der Waals surface area contributed by atoms with Crippen LogP contribution < -0.4 is 10.2 Å². The first-order valence-corrected chi connectivity index (χ1v) is 14.0. The molecule has 2 aliphatic rings. The van der Waals surface area contributed by atoms with E-state index in [-0.39, 0.29) is 10.8 Å². The second kappa shape index (κ2) is 11.4. The number of nitrogens with zero attached hydrogens (tertiary/aromatic N) is 2. The Labute approximate surface area is 200 Å². The molecule has 0 spiro atoms. The third kappa shape index (κ3) is 6.50. The van der Waals surface area contributed by atoms with E-state index in [9.17, 15) is 13.2 Å². The highest BCUT2D eigenvalue weighted by Gasteiger charge is 2.26. The Balaban J connectivity index is 1.22. The van der Waals surface area contributed by atoms with E-state index in [1.165, 1.54) is 21.5 Å². The van der Waals surface area contributed by atoms with E-state index in [0.717, 1.165) is 24.2 Å². The number of benzene rings is 2. The number of nitrogens with one attached hydrogen (secondary N) is 1. The third-order valence-electron chi connectivity index (χ3n) is 5.97. The zero-order valence-corrected chi connectivity index (χ0v) is 20.4. The summed E-state index contributed by atoms with van der Waals surface area (Å²) in [4.78, 5) is 15.0. The van der Waals surface area contributed by atoms with Gasteiger partial charge in [-0.2, -0.15) is 16.1 Å². The second-order valence-corrected chi connectivity index (χ2v) is 11.4. The summed E-state index contributed by atoms with van der Waals surface area (Å²) in [5.41, 5.74) is 3.26. The van der Waals surface area contributed by atoms with Crippen molar-refractivity contribution >= 4 is 33.4 Å². The monoisotopic (exact) mass is 489 g/mol. The van der Waals surface area contributed by atoms with Gasteiger partial charge in [-0.15, -0.1) is 0 Å². The minimum atomic E-state index is -3.49. The molecule has 2 aromatic rings. The van der Waals surface area contributed by atoms with Crippen LogP contribution in [0.1, 0.15) is 17.5 Å². The van der Waals surface area contributed by atoms with Gasteiger partial charge in [0.1, 0.15) is 0 Å². The van der Waals surface area contributed by atoms with Crippen molar-refractivity contribution in [2.75, 3.05) is 55.8 Å². The summed E-state index contributed by atoms with van der Waals surface area (Å²) in [6, 6.07) is 15.2. The second-order valence-electron chi connectivity index (χ2n) is 8.20. The maximum atomic E-state index is 12.7. The summed E-state index contributed by atoms with van der Waals surface area (Å²) >= 11 is 2.00. The first-order chi connectivity index (χ1) is 16.0. The zero-order chi connectivity index (χ0) is 23.1. The molecule has 2 saturated heterocycles. The molecule has 2 aliphatic heterocycles. The van der Waals surface area contributed by atoms with Crippen molar-refractivity contribution in [2.45, 2.75) is 24.3 Å². The molecule has 0 aliphatic carbocycles. The highest BCUT2D eigenvalue weighted by Crippen LogP contribution is 2.20. The molecule has 2 fully saturated rings. The molecule has 9 heteroatoms. The summed E-state index contributed by atoms with van der Waals surface area (Å²) in [5.74, 6) is 2.33. The maximum Gasteiger partial charge on any atom is 0.243 e. The van der Waals surface area contributed by atoms with E-state index in [2.05, 4.69) is 34.5 Å². The van der Waals surface area contributed by atoms with Gasteiger partial charge in [-0.3, -0.25) is 4.79 Å². The summed E-state index contributed by atoms with van der Waals surface area (Å²) in [6.45, 7) is 4.28. The lowest BCUT2D eigenvalue weighted by Gasteiger charge is -2.28. The molecule has 1 N–H and O–H groups in total. The van der Waals surface area contributed by atoms with Gasteiger partial charge in [-0.25, -0.2) is 8.42 Å². The molecular weight excluding hydrogens is 458 g/mol. The molecule has 178 valence electrons. The standard InChI is InChI=1S/C24H31N3O4S2/c28-24(25-19-21-1-6-22(7-2-21)26-13-17-32-18-14-26)10-5-20-3-8-23(9-4-20)33(29,30)27-11-15-31-16-12-27/h1-4,6-9H,5,10-19H2,(H,25,28). The van der Waals surface area contributed by atoms with Crippen LogP contribution in [0.5, 0.6) is 0 Å². The van der Waals surface area contributed by atoms with Crippen LogP contribution in [0.3, 0.4) is 0 Å². The Morgan fingerprint density at radius 2 is 1.55 bits per heavy atom. The minimum absolute atomic E-state index is 0.0165. The quantitative estimate of drug-likeness (QED) is 0.614. The van der Waals surface area contributed by atoms with Gasteiger partial charge in [-0.05, 0) is 41.8 Å². The highest BCUT2D eigenvalue weighted by molar-refractivity contribution is 7.99. The number of amides is 1. The summed E-state index contributed by atoms with van der Waals surface area (Å²) in [6.07, 6.45) is 0.925. The zero-order valence-electron chi connectivity index (χ0n) is 18.7. The fraction of sp³-hybridized carbons (Fsp3) is 0.458. The fourth-order valence-electron chi connectivity index (χ4n) is 3.96. The van der Waals surface area contributed by atoms with Crippen LogP contribution in [0.15, 0.2) is 53.4 Å². The predicted octanol–water partition coefficient (Wildman–Crippen LogP) is 2.51. The smallest absolute Gasteiger partial charge is 0.243 e. The summed E-state index contributed by atoms with van der Waals surface area (Å²) in [5, 5.41) is 2.98. The molecule has 7 nitrogen and oxygen atoms in total. The topological polar surface area (TPSA) is 79.0 Å². The molecule has 2 heterocycles. The average molecular weight is 490 g/mol. The number of morpholine rings is 1. The number of carbonyl (C=O) groups excluding carboxylic acids is 1. The van der Waals surface area contributed by atoms with Crippen molar-refractivity contribution in [2.24, 2.45) is 0 Å². The number of ether oxygens (including phenoxy) is 1. The summed E-state index contributed by atoms with van der Waals surface area (Å²) in [7, 11) is -3.49. The molecule has 4 rings (SSSR count). The van der Waals surface area contributed by atoms with Crippen LogP contribution >= 0.6 is 11.8 Å². The Morgan fingerprint density at radius 3 is 2.21 bits per heavy atom. The number of aryl methyl sites for hydroxylation is 1. The first kappa shape index (κ1) is 24.1. The number of thioether (sulfide) groups is 1. The number of rotatable bonds is 8. The lowest BCUT2D eigenvalue weighted by molar-refractivity contribution is -0.121. The minimum Gasteiger partial charge on any atom is -0.379 e. The molecule has 0 radical (unpaired) electrons. The van der Waals surface area contributed by atoms with Gasteiger partial charge in [0, 0.05) is 56.3 Å². The highest BCUT2D eigenvalue weighted by atomic mass is 32.2. The van der Waals surface area contributed by atoms with Crippen LogP contribution in [0.2, 0.25) is 0 Å². The van der Waals surface area contributed by atoms with E-state index in [1.54, 1.807) is 24.3 Å². The van der Waals surface area contributed by atoms with Gasteiger partial charge < -0.3 is 15.0 Å². The van der Waals surface area contributed by atoms with Gasteiger partial charge >= 0.3 is 0 Å². The van der Waals surface area contributed by atoms with E-state index in [1.807, 2.05) is 11.8 Å². The maximum absolute atomic E-state index is 12.7. The van der Waals surface area contributed by atoms with Gasteiger partial charge in [0.15, 0.2) is 0 Å². The molecule has 2 aromatic carbocycles. The van der Waals surface area contributed by atoms with E-state index in [0.29, 0.717) is 45.7 Å².